The Labute approximate surface area is 149 Å². The van der Waals surface area contributed by atoms with Crippen molar-refractivity contribution in [1.82, 2.24) is 10.2 Å². The maximum Gasteiger partial charge on any atom is 0.239 e. The summed E-state index contributed by atoms with van der Waals surface area (Å²) >= 11 is 1.82. The van der Waals surface area contributed by atoms with Crippen LogP contribution in [0.15, 0.2) is 35.2 Å². The number of carbonyl (C=O) groups excluding carboxylic acids is 1. The van der Waals surface area contributed by atoms with E-state index < -0.39 is 0 Å². The Kier molecular flexibility index (Phi) is 4.61. The molecule has 3 fully saturated rings. The number of hydrogen-bond acceptors (Lipinski definition) is 3. The average Bonchev–Trinajstić information content (AvgIpc) is 3.27. The van der Waals surface area contributed by atoms with Gasteiger partial charge in [-0.1, -0.05) is 31.0 Å². The smallest absolute Gasteiger partial charge is 0.239 e. The molecular weight excluding hydrogens is 316 g/mol. The summed E-state index contributed by atoms with van der Waals surface area (Å²) < 4.78 is -0.209. The summed E-state index contributed by atoms with van der Waals surface area (Å²) in [7, 11) is 0. The number of hydrogen-bond donors (Lipinski definition) is 1. The van der Waals surface area contributed by atoms with E-state index in [-0.39, 0.29) is 4.75 Å². The maximum atomic E-state index is 13.4. The molecule has 0 unspecified atom stereocenters. The van der Waals surface area contributed by atoms with Crippen LogP contribution in [0.1, 0.15) is 44.9 Å². The van der Waals surface area contributed by atoms with Crippen molar-refractivity contribution in [2.75, 3.05) is 26.2 Å². The largest absolute Gasteiger partial charge is 0.341 e. The number of carbonyl (C=O) groups is 1. The highest BCUT2D eigenvalue weighted by Gasteiger charge is 2.46. The highest BCUT2D eigenvalue weighted by atomic mass is 32.2. The predicted octanol–water partition coefficient (Wildman–Crippen LogP) is 3.69. The van der Waals surface area contributed by atoms with Crippen molar-refractivity contribution in [2.24, 2.45) is 5.41 Å². The van der Waals surface area contributed by atoms with Gasteiger partial charge in [-0.25, -0.2) is 0 Å². The van der Waals surface area contributed by atoms with Gasteiger partial charge in [-0.15, -0.1) is 11.8 Å². The number of nitrogens with one attached hydrogen (secondary N) is 1. The van der Waals surface area contributed by atoms with Crippen molar-refractivity contribution < 1.29 is 4.79 Å². The summed E-state index contributed by atoms with van der Waals surface area (Å²) in [6.07, 6.45) is 8.10. The lowest BCUT2D eigenvalue weighted by atomic mass is 9.77. The molecule has 1 aliphatic carbocycles. The van der Waals surface area contributed by atoms with Gasteiger partial charge in [0.1, 0.15) is 0 Å². The SMILES string of the molecule is O=C(N1CCC2(CCNC2)CC1)C1(Sc2ccccc2)CCCC1. The van der Waals surface area contributed by atoms with E-state index in [1.165, 1.54) is 37.0 Å². The Morgan fingerprint density at radius 2 is 1.71 bits per heavy atom. The Hall–Kier alpha value is -1.00. The molecule has 1 amide bonds. The molecule has 4 heteroatoms. The fraction of sp³-hybridized carbons (Fsp3) is 0.650. The van der Waals surface area contributed by atoms with Gasteiger partial charge in [0.25, 0.3) is 0 Å². The summed E-state index contributed by atoms with van der Waals surface area (Å²) in [4.78, 5) is 16.8. The number of likely N-dealkylation sites (tertiary alicyclic amines) is 1. The monoisotopic (exact) mass is 344 g/mol. The summed E-state index contributed by atoms with van der Waals surface area (Å²) in [5.41, 5.74) is 0.478. The highest BCUT2D eigenvalue weighted by Crippen LogP contribution is 2.47. The number of benzene rings is 1. The molecule has 4 rings (SSSR count). The van der Waals surface area contributed by atoms with Crippen molar-refractivity contribution in [1.29, 1.82) is 0 Å². The van der Waals surface area contributed by atoms with Crippen LogP contribution in [0, 0.1) is 5.41 Å². The van der Waals surface area contributed by atoms with E-state index in [9.17, 15) is 4.79 Å². The zero-order valence-electron chi connectivity index (χ0n) is 14.4. The molecular formula is C20H28N2OS. The predicted molar refractivity (Wildman–Crippen MR) is 99.2 cm³/mol. The van der Waals surface area contributed by atoms with Crippen LogP contribution in [0.3, 0.4) is 0 Å². The van der Waals surface area contributed by atoms with E-state index in [4.69, 9.17) is 0 Å². The molecule has 0 radical (unpaired) electrons. The van der Waals surface area contributed by atoms with Crippen LogP contribution in [0.5, 0.6) is 0 Å². The molecule has 1 N–H and O–H groups in total. The molecule has 1 saturated carbocycles. The fourth-order valence-electron chi connectivity index (χ4n) is 4.71. The van der Waals surface area contributed by atoms with Crippen molar-refractivity contribution in [3.05, 3.63) is 30.3 Å². The van der Waals surface area contributed by atoms with Gasteiger partial charge in [0.15, 0.2) is 0 Å². The molecule has 1 aromatic carbocycles. The normalized spacial score (nSPS) is 25.2. The molecule has 24 heavy (non-hydrogen) atoms. The fourth-order valence-corrected chi connectivity index (χ4v) is 6.17. The second-order valence-corrected chi connectivity index (χ2v) is 9.29. The van der Waals surface area contributed by atoms with Crippen molar-refractivity contribution in [2.45, 2.75) is 54.6 Å². The topological polar surface area (TPSA) is 32.3 Å². The Morgan fingerprint density at radius 1 is 1.00 bits per heavy atom. The molecule has 2 heterocycles. The summed E-state index contributed by atoms with van der Waals surface area (Å²) in [5.74, 6) is 0.412. The average molecular weight is 345 g/mol. The number of piperidine rings is 1. The zero-order valence-corrected chi connectivity index (χ0v) is 15.2. The van der Waals surface area contributed by atoms with E-state index in [1.807, 2.05) is 17.8 Å². The minimum atomic E-state index is -0.209. The summed E-state index contributed by atoms with van der Waals surface area (Å²) in [6, 6.07) is 10.5. The van der Waals surface area contributed by atoms with Crippen LogP contribution in [-0.4, -0.2) is 41.7 Å². The quantitative estimate of drug-likeness (QED) is 0.907. The number of thioether (sulfide) groups is 1. The first-order chi connectivity index (χ1) is 11.7. The Morgan fingerprint density at radius 3 is 2.33 bits per heavy atom. The molecule has 130 valence electrons. The first-order valence-corrected chi connectivity index (χ1v) is 10.3. The second-order valence-electron chi connectivity index (χ2n) is 7.84. The van der Waals surface area contributed by atoms with E-state index >= 15 is 0 Å². The molecule has 3 aliphatic rings. The molecule has 0 bridgehead atoms. The second kappa shape index (κ2) is 6.72. The lowest BCUT2D eigenvalue weighted by Crippen LogP contribution is -2.50. The molecule has 2 saturated heterocycles. The molecule has 2 aliphatic heterocycles. The zero-order chi connectivity index (χ0) is 16.5. The van der Waals surface area contributed by atoms with E-state index in [0.29, 0.717) is 11.3 Å². The maximum absolute atomic E-state index is 13.4. The van der Waals surface area contributed by atoms with Crippen LogP contribution in [0.25, 0.3) is 0 Å². The summed E-state index contributed by atoms with van der Waals surface area (Å²) in [6.45, 7) is 4.22. The van der Waals surface area contributed by atoms with Gasteiger partial charge in [0.2, 0.25) is 5.91 Å². The third-order valence-corrected chi connectivity index (χ3v) is 7.78. The summed E-state index contributed by atoms with van der Waals surface area (Å²) in [5, 5.41) is 3.51. The number of nitrogens with zero attached hydrogens (tertiary/aromatic N) is 1. The van der Waals surface area contributed by atoms with Crippen LogP contribution in [-0.2, 0) is 4.79 Å². The first-order valence-electron chi connectivity index (χ1n) is 9.46. The van der Waals surface area contributed by atoms with Crippen LogP contribution in [0.4, 0.5) is 0 Å². The first kappa shape index (κ1) is 16.5. The van der Waals surface area contributed by atoms with E-state index in [1.54, 1.807) is 0 Å². The van der Waals surface area contributed by atoms with Gasteiger partial charge < -0.3 is 10.2 Å². The number of rotatable bonds is 3. The van der Waals surface area contributed by atoms with E-state index in [2.05, 4.69) is 34.5 Å². The van der Waals surface area contributed by atoms with Crippen molar-refractivity contribution in [3.8, 4) is 0 Å². The molecule has 3 nitrogen and oxygen atoms in total. The third-order valence-electron chi connectivity index (χ3n) is 6.30. The van der Waals surface area contributed by atoms with Crippen molar-refractivity contribution in [3.63, 3.8) is 0 Å². The van der Waals surface area contributed by atoms with Crippen LogP contribution >= 0.6 is 11.8 Å². The molecule has 1 spiro atoms. The molecule has 0 atom stereocenters. The van der Waals surface area contributed by atoms with Gasteiger partial charge in [-0.3, -0.25) is 4.79 Å². The van der Waals surface area contributed by atoms with Gasteiger partial charge >= 0.3 is 0 Å². The van der Waals surface area contributed by atoms with Crippen molar-refractivity contribution >= 4 is 17.7 Å². The highest BCUT2D eigenvalue weighted by molar-refractivity contribution is 8.01. The lowest BCUT2D eigenvalue weighted by molar-refractivity contribution is -0.135. The lowest BCUT2D eigenvalue weighted by Gasteiger charge is -2.42. The van der Waals surface area contributed by atoms with Gasteiger partial charge in [-0.2, -0.15) is 0 Å². The molecule has 1 aromatic rings. The standard InChI is InChI=1S/C20H28N2OS/c23-18(22-14-11-19(12-15-22)10-13-21-16-19)20(8-4-5-9-20)24-17-6-2-1-3-7-17/h1-3,6-7,21H,4-5,8-16H2. The Bertz CT molecular complexity index is 567. The number of amides is 1. The molecule has 0 aromatic heterocycles. The van der Waals surface area contributed by atoms with Gasteiger partial charge in [-0.05, 0) is 56.2 Å². The van der Waals surface area contributed by atoms with Gasteiger partial charge in [0, 0.05) is 24.5 Å². The van der Waals surface area contributed by atoms with Crippen LogP contribution < -0.4 is 5.32 Å². The van der Waals surface area contributed by atoms with Gasteiger partial charge in [0.05, 0.1) is 4.75 Å². The third kappa shape index (κ3) is 3.11. The minimum Gasteiger partial charge on any atom is -0.341 e. The van der Waals surface area contributed by atoms with E-state index in [0.717, 1.165) is 39.0 Å². The van der Waals surface area contributed by atoms with Crippen LogP contribution in [0.2, 0.25) is 0 Å². The minimum absolute atomic E-state index is 0.209. The Balaban J connectivity index is 1.46.